The summed E-state index contributed by atoms with van der Waals surface area (Å²) in [5, 5.41) is 3.05. The number of halogens is 1. The molecule has 1 aliphatic rings. The Morgan fingerprint density at radius 1 is 1.07 bits per heavy atom. The Morgan fingerprint density at radius 2 is 1.78 bits per heavy atom. The summed E-state index contributed by atoms with van der Waals surface area (Å²) in [7, 11) is -3.63. The first-order valence-corrected chi connectivity index (χ1v) is 10.8. The van der Waals surface area contributed by atoms with E-state index in [1.807, 2.05) is 32.0 Å². The summed E-state index contributed by atoms with van der Waals surface area (Å²) in [4.78, 5) is 12.8. The Labute approximate surface area is 165 Å². The first kappa shape index (κ1) is 19.9. The van der Waals surface area contributed by atoms with Gasteiger partial charge in [-0.3, -0.25) is 4.79 Å². The van der Waals surface area contributed by atoms with E-state index in [4.69, 9.17) is 11.6 Å². The number of carbonyl (C=O) groups is 1. The molecule has 3 rings (SSSR count). The van der Waals surface area contributed by atoms with Crippen molar-refractivity contribution in [3.05, 3.63) is 58.1 Å². The Morgan fingerprint density at radius 3 is 2.48 bits per heavy atom. The van der Waals surface area contributed by atoms with Crippen LogP contribution in [-0.2, 0) is 10.0 Å². The number of nitrogens with one attached hydrogen (secondary N) is 1. The monoisotopic (exact) mass is 406 g/mol. The molecule has 0 spiro atoms. The fourth-order valence-corrected chi connectivity index (χ4v) is 4.92. The highest BCUT2D eigenvalue weighted by Gasteiger charge is 2.27. The van der Waals surface area contributed by atoms with Crippen molar-refractivity contribution in [3.8, 4) is 0 Å². The number of benzene rings is 2. The molecule has 2 aromatic carbocycles. The van der Waals surface area contributed by atoms with E-state index >= 15 is 0 Å². The molecule has 0 saturated carbocycles. The van der Waals surface area contributed by atoms with Crippen LogP contribution in [0, 0.1) is 13.8 Å². The molecule has 0 radical (unpaired) electrons. The van der Waals surface area contributed by atoms with Crippen LogP contribution in [0.1, 0.15) is 40.7 Å². The molecule has 0 bridgehead atoms. The number of sulfonamides is 1. The maximum Gasteiger partial charge on any atom is 0.257 e. The predicted octanol–water partition coefficient (Wildman–Crippen LogP) is 4.38. The summed E-state index contributed by atoms with van der Waals surface area (Å²) in [5.74, 6) is -0.426. The molecule has 1 fully saturated rings. The third kappa shape index (κ3) is 4.18. The van der Waals surface area contributed by atoms with Gasteiger partial charge in [-0.2, -0.15) is 4.31 Å². The molecule has 1 amide bonds. The van der Waals surface area contributed by atoms with E-state index in [2.05, 4.69) is 5.32 Å². The van der Waals surface area contributed by atoms with E-state index in [-0.39, 0.29) is 15.5 Å². The summed E-state index contributed by atoms with van der Waals surface area (Å²) in [5.41, 5.74) is 2.84. The van der Waals surface area contributed by atoms with Crippen LogP contribution in [0.15, 0.2) is 41.3 Å². The molecule has 0 aliphatic carbocycles. The van der Waals surface area contributed by atoms with Crippen molar-refractivity contribution < 1.29 is 13.2 Å². The molecular weight excluding hydrogens is 384 g/mol. The van der Waals surface area contributed by atoms with Gasteiger partial charge >= 0.3 is 0 Å². The van der Waals surface area contributed by atoms with E-state index in [9.17, 15) is 13.2 Å². The maximum atomic E-state index is 12.9. The lowest BCUT2D eigenvalue weighted by atomic mass is 10.1. The minimum atomic E-state index is -3.63. The summed E-state index contributed by atoms with van der Waals surface area (Å²) >= 11 is 6.19. The van der Waals surface area contributed by atoms with Crippen LogP contribution in [0.25, 0.3) is 0 Å². The lowest BCUT2D eigenvalue weighted by molar-refractivity contribution is 0.102. The number of carbonyl (C=O) groups excluding carboxylic acids is 1. The number of rotatable bonds is 4. The second kappa shape index (κ2) is 8.00. The molecule has 7 heteroatoms. The number of nitrogens with zero attached hydrogens (tertiary/aromatic N) is 1. The zero-order valence-corrected chi connectivity index (χ0v) is 17.0. The largest absolute Gasteiger partial charge is 0.322 e. The maximum absolute atomic E-state index is 12.9. The number of hydrogen-bond donors (Lipinski definition) is 1. The normalized spacial score (nSPS) is 15.5. The highest BCUT2D eigenvalue weighted by molar-refractivity contribution is 7.89. The van der Waals surface area contributed by atoms with E-state index in [0.29, 0.717) is 18.8 Å². The Balaban J connectivity index is 1.91. The second-order valence-corrected chi connectivity index (χ2v) is 9.15. The van der Waals surface area contributed by atoms with E-state index in [1.54, 1.807) is 0 Å². The summed E-state index contributed by atoms with van der Waals surface area (Å²) in [6.45, 7) is 4.90. The molecular formula is C20H23ClN2O3S. The van der Waals surface area contributed by atoms with Crippen LogP contribution >= 0.6 is 11.6 Å². The number of aryl methyl sites for hydroxylation is 1. The zero-order chi connectivity index (χ0) is 19.6. The Kier molecular flexibility index (Phi) is 5.89. The van der Waals surface area contributed by atoms with Gasteiger partial charge in [-0.25, -0.2) is 8.42 Å². The van der Waals surface area contributed by atoms with Crippen LogP contribution in [0.2, 0.25) is 5.02 Å². The van der Waals surface area contributed by atoms with E-state index < -0.39 is 15.9 Å². The highest BCUT2D eigenvalue weighted by atomic mass is 35.5. The quantitative estimate of drug-likeness (QED) is 0.819. The molecule has 1 N–H and O–H groups in total. The summed E-state index contributed by atoms with van der Waals surface area (Å²) in [6, 6.07) is 9.92. The predicted molar refractivity (Wildman–Crippen MR) is 108 cm³/mol. The number of hydrogen-bond acceptors (Lipinski definition) is 3. The topological polar surface area (TPSA) is 66.5 Å². The fourth-order valence-electron chi connectivity index (χ4n) is 3.17. The third-order valence-corrected chi connectivity index (χ3v) is 7.21. The van der Waals surface area contributed by atoms with Crippen LogP contribution < -0.4 is 5.32 Å². The minimum Gasteiger partial charge on any atom is -0.322 e. The van der Waals surface area contributed by atoms with Crippen molar-refractivity contribution in [2.24, 2.45) is 0 Å². The Hall–Kier alpha value is -1.89. The molecule has 0 atom stereocenters. The van der Waals surface area contributed by atoms with Gasteiger partial charge in [0.25, 0.3) is 5.91 Å². The molecule has 5 nitrogen and oxygen atoms in total. The van der Waals surface area contributed by atoms with Gasteiger partial charge in [0.15, 0.2) is 0 Å². The third-order valence-electron chi connectivity index (χ3n) is 4.99. The van der Waals surface area contributed by atoms with Gasteiger partial charge in [0.05, 0.1) is 15.5 Å². The standard InChI is InChI=1S/C20H23ClN2O3S/c1-14-7-6-8-19(15(14)2)22-20(24)17-13-16(9-10-18(17)21)27(25,26)23-11-4-3-5-12-23/h6-10,13H,3-5,11-12H2,1-2H3,(H,22,24). The lowest BCUT2D eigenvalue weighted by Crippen LogP contribution is -2.35. The fraction of sp³-hybridized carbons (Fsp3) is 0.350. The minimum absolute atomic E-state index is 0.0971. The molecule has 1 aliphatic heterocycles. The van der Waals surface area contributed by atoms with Crippen LogP contribution in [0.5, 0.6) is 0 Å². The summed E-state index contributed by atoms with van der Waals surface area (Å²) in [6.07, 6.45) is 2.75. The van der Waals surface area contributed by atoms with Crippen LogP contribution in [0.4, 0.5) is 5.69 Å². The smallest absolute Gasteiger partial charge is 0.257 e. The van der Waals surface area contributed by atoms with Crippen molar-refractivity contribution in [2.45, 2.75) is 38.0 Å². The van der Waals surface area contributed by atoms with Crippen molar-refractivity contribution in [3.63, 3.8) is 0 Å². The highest BCUT2D eigenvalue weighted by Crippen LogP contribution is 2.26. The first-order chi connectivity index (χ1) is 12.8. The number of piperidine rings is 1. The van der Waals surface area contributed by atoms with Gasteiger partial charge in [0.2, 0.25) is 10.0 Å². The van der Waals surface area contributed by atoms with Crippen molar-refractivity contribution in [1.29, 1.82) is 0 Å². The average Bonchev–Trinajstić information content (AvgIpc) is 2.66. The van der Waals surface area contributed by atoms with Crippen molar-refractivity contribution >= 4 is 33.2 Å². The van der Waals surface area contributed by atoms with E-state index in [1.165, 1.54) is 22.5 Å². The number of amides is 1. The zero-order valence-electron chi connectivity index (χ0n) is 15.5. The van der Waals surface area contributed by atoms with Gasteiger partial charge in [0.1, 0.15) is 0 Å². The van der Waals surface area contributed by atoms with E-state index in [0.717, 1.165) is 30.4 Å². The van der Waals surface area contributed by atoms with Crippen molar-refractivity contribution in [1.82, 2.24) is 4.31 Å². The molecule has 1 heterocycles. The van der Waals surface area contributed by atoms with Gasteiger partial charge in [0, 0.05) is 18.8 Å². The second-order valence-electron chi connectivity index (χ2n) is 6.81. The van der Waals surface area contributed by atoms with Gasteiger partial charge in [-0.05, 0) is 62.1 Å². The summed E-state index contributed by atoms with van der Waals surface area (Å²) < 4.78 is 27.2. The lowest BCUT2D eigenvalue weighted by Gasteiger charge is -2.26. The molecule has 2 aromatic rings. The SMILES string of the molecule is Cc1cccc(NC(=O)c2cc(S(=O)(=O)N3CCCCC3)ccc2Cl)c1C. The molecule has 27 heavy (non-hydrogen) atoms. The molecule has 0 aromatic heterocycles. The first-order valence-electron chi connectivity index (χ1n) is 8.98. The van der Waals surface area contributed by atoms with Crippen molar-refractivity contribution in [2.75, 3.05) is 18.4 Å². The Bertz CT molecular complexity index is 967. The van der Waals surface area contributed by atoms with Gasteiger partial charge in [-0.1, -0.05) is 30.2 Å². The molecule has 1 saturated heterocycles. The van der Waals surface area contributed by atoms with Gasteiger partial charge < -0.3 is 5.32 Å². The number of anilines is 1. The van der Waals surface area contributed by atoms with Crippen LogP contribution in [0.3, 0.4) is 0 Å². The molecule has 144 valence electrons. The van der Waals surface area contributed by atoms with Crippen LogP contribution in [-0.4, -0.2) is 31.7 Å². The van der Waals surface area contributed by atoms with Gasteiger partial charge in [-0.15, -0.1) is 0 Å². The average molecular weight is 407 g/mol. The molecule has 0 unspecified atom stereocenters.